The van der Waals surface area contributed by atoms with E-state index in [-0.39, 0.29) is 23.2 Å². The zero-order valence-corrected chi connectivity index (χ0v) is 12.2. The average Bonchev–Trinajstić information content (AvgIpc) is 2.88. The van der Waals surface area contributed by atoms with Gasteiger partial charge in [-0.05, 0) is 36.5 Å². The lowest BCUT2D eigenvalue weighted by atomic mass is 9.87. The average molecular weight is 278 g/mol. The minimum atomic E-state index is -0.507. The minimum absolute atomic E-state index is 0.0988. The summed E-state index contributed by atoms with van der Waals surface area (Å²) in [5, 5.41) is 3.12. The molecule has 0 saturated heterocycles. The molecule has 1 atom stereocenters. The summed E-state index contributed by atoms with van der Waals surface area (Å²) in [6, 6.07) is 5.92. The Hall–Kier alpha value is -1.42. The summed E-state index contributed by atoms with van der Waals surface area (Å²) in [5.74, 6) is -0.278. The van der Waals surface area contributed by atoms with Crippen LogP contribution in [0.25, 0.3) is 0 Å². The molecule has 1 amide bonds. The topological polar surface area (TPSA) is 55.1 Å². The highest BCUT2D eigenvalue weighted by atomic mass is 19.1. The zero-order chi connectivity index (χ0) is 14.8. The molecule has 3 N–H and O–H groups in total. The number of amides is 1. The van der Waals surface area contributed by atoms with Crippen LogP contribution in [0.5, 0.6) is 0 Å². The molecule has 2 rings (SSSR count). The monoisotopic (exact) mass is 278 g/mol. The molecule has 3 nitrogen and oxygen atoms in total. The Morgan fingerprint density at radius 3 is 2.30 bits per heavy atom. The van der Waals surface area contributed by atoms with Crippen molar-refractivity contribution in [1.82, 2.24) is 5.32 Å². The smallest absolute Gasteiger partial charge is 0.237 e. The first-order chi connectivity index (χ1) is 9.44. The predicted molar refractivity (Wildman–Crippen MR) is 77.5 cm³/mol. The first-order valence-electron chi connectivity index (χ1n) is 7.28. The molecule has 1 fully saturated rings. The first-order valence-corrected chi connectivity index (χ1v) is 7.28. The lowest BCUT2D eigenvalue weighted by molar-refractivity contribution is -0.125. The summed E-state index contributed by atoms with van der Waals surface area (Å²) in [6.45, 7) is 3.87. The fraction of sp³-hybridized carbons (Fsp3) is 0.562. The quantitative estimate of drug-likeness (QED) is 0.889. The lowest BCUT2D eigenvalue weighted by Crippen LogP contribution is -2.52. The Morgan fingerprint density at radius 2 is 1.80 bits per heavy atom. The second kappa shape index (κ2) is 5.92. The molecule has 0 aromatic heterocycles. The molecule has 1 aliphatic rings. The molecule has 4 heteroatoms. The molecular formula is C16H23FN2O. The van der Waals surface area contributed by atoms with E-state index in [1.807, 2.05) is 13.8 Å². The SMILES string of the molecule is CC(C)C(N)C(=O)NC1(c2ccc(F)cc2)CCCC1. The van der Waals surface area contributed by atoms with E-state index in [0.29, 0.717) is 0 Å². The predicted octanol–water partition coefficient (Wildman–Crippen LogP) is 2.69. The van der Waals surface area contributed by atoms with Crippen LogP contribution in [0.4, 0.5) is 4.39 Å². The van der Waals surface area contributed by atoms with E-state index in [1.54, 1.807) is 12.1 Å². The van der Waals surface area contributed by atoms with Crippen molar-refractivity contribution in [3.63, 3.8) is 0 Å². The maximum absolute atomic E-state index is 13.1. The summed E-state index contributed by atoms with van der Waals surface area (Å²) in [5.41, 5.74) is 6.52. The van der Waals surface area contributed by atoms with E-state index in [2.05, 4.69) is 5.32 Å². The van der Waals surface area contributed by atoms with E-state index in [9.17, 15) is 9.18 Å². The van der Waals surface area contributed by atoms with Gasteiger partial charge in [0, 0.05) is 0 Å². The van der Waals surface area contributed by atoms with Crippen molar-refractivity contribution in [1.29, 1.82) is 0 Å². The van der Waals surface area contributed by atoms with Gasteiger partial charge in [-0.15, -0.1) is 0 Å². The van der Waals surface area contributed by atoms with E-state index in [0.717, 1.165) is 31.2 Å². The van der Waals surface area contributed by atoms with Gasteiger partial charge in [-0.25, -0.2) is 4.39 Å². The lowest BCUT2D eigenvalue weighted by Gasteiger charge is -2.33. The van der Waals surface area contributed by atoms with Crippen LogP contribution < -0.4 is 11.1 Å². The second-order valence-corrected chi connectivity index (χ2v) is 6.06. The Balaban J connectivity index is 2.22. The number of hydrogen-bond donors (Lipinski definition) is 2. The van der Waals surface area contributed by atoms with Gasteiger partial charge in [0.25, 0.3) is 0 Å². The Bertz CT molecular complexity index is 464. The number of rotatable bonds is 4. The van der Waals surface area contributed by atoms with E-state index in [4.69, 9.17) is 5.73 Å². The number of benzene rings is 1. The summed E-state index contributed by atoms with van der Waals surface area (Å²) < 4.78 is 13.1. The third-order valence-electron chi connectivity index (χ3n) is 4.24. The Labute approximate surface area is 119 Å². The van der Waals surface area contributed by atoms with Crippen LogP contribution in [-0.4, -0.2) is 11.9 Å². The number of nitrogens with one attached hydrogen (secondary N) is 1. The maximum atomic E-state index is 13.1. The van der Waals surface area contributed by atoms with Crippen LogP contribution in [0.2, 0.25) is 0 Å². The highest BCUT2D eigenvalue weighted by molar-refractivity contribution is 5.82. The molecule has 1 saturated carbocycles. The maximum Gasteiger partial charge on any atom is 0.237 e. The molecule has 1 unspecified atom stereocenters. The first kappa shape index (κ1) is 15.0. The molecule has 0 heterocycles. The summed E-state index contributed by atoms with van der Waals surface area (Å²) in [7, 11) is 0. The van der Waals surface area contributed by atoms with Crippen molar-refractivity contribution in [3.8, 4) is 0 Å². The van der Waals surface area contributed by atoms with Gasteiger partial charge in [0.05, 0.1) is 11.6 Å². The zero-order valence-electron chi connectivity index (χ0n) is 12.2. The number of hydrogen-bond acceptors (Lipinski definition) is 2. The molecule has 110 valence electrons. The van der Waals surface area contributed by atoms with E-state index in [1.165, 1.54) is 12.1 Å². The van der Waals surface area contributed by atoms with Gasteiger partial charge < -0.3 is 11.1 Å². The largest absolute Gasteiger partial charge is 0.345 e. The van der Waals surface area contributed by atoms with Gasteiger partial charge in [0.15, 0.2) is 0 Å². The van der Waals surface area contributed by atoms with Crippen molar-refractivity contribution in [2.45, 2.75) is 51.1 Å². The highest BCUT2D eigenvalue weighted by Gasteiger charge is 2.38. The van der Waals surface area contributed by atoms with Crippen molar-refractivity contribution >= 4 is 5.91 Å². The van der Waals surface area contributed by atoms with Gasteiger partial charge in [-0.3, -0.25) is 4.79 Å². The fourth-order valence-electron chi connectivity index (χ4n) is 2.86. The van der Waals surface area contributed by atoms with E-state index >= 15 is 0 Å². The number of nitrogens with two attached hydrogens (primary N) is 1. The summed E-state index contributed by atoms with van der Waals surface area (Å²) in [6.07, 6.45) is 3.90. The van der Waals surface area contributed by atoms with Gasteiger partial charge in [-0.1, -0.05) is 38.8 Å². The van der Waals surface area contributed by atoms with Gasteiger partial charge >= 0.3 is 0 Å². The third-order valence-corrected chi connectivity index (χ3v) is 4.24. The standard InChI is InChI=1S/C16H23FN2O/c1-11(2)14(18)15(20)19-16(9-3-4-10-16)12-5-7-13(17)8-6-12/h5-8,11,14H,3-4,9-10,18H2,1-2H3,(H,19,20). The highest BCUT2D eigenvalue weighted by Crippen LogP contribution is 2.38. The minimum Gasteiger partial charge on any atom is -0.345 e. The van der Waals surface area contributed by atoms with Crippen LogP contribution in [0, 0.1) is 11.7 Å². The number of carbonyl (C=O) groups is 1. The van der Waals surface area contributed by atoms with Crippen LogP contribution in [0.3, 0.4) is 0 Å². The molecule has 1 aromatic carbocycles. The van der Waals surface area contributed by atoms with Crippen molar-refractivity contribution in [3.05, 3.63) is 35.6 Å². The van der Waals surface area contributed by atoms with Crippen molar-refractivity contribution in [2.24, 2.45) is 11.7 Å². The second-order valence-electron chi connectivity index (χ2n) is 6.06. The fourth-order valence-corrected chi connectivity index (χ4v) is 2.86. The van der Waals surface area contributed by atoms with Gasteiger partial charge in [0.1, 0.15) is 5.82 Å². The Kier molecular flexibility index (Phi) is 4.43. The Morgan fingerprint density at radius 1 is 1.25 bits per heavy atom. The van der Waals surface area contributed by atoms with Crippen LogP contribution in [0.15, 0.2) is 24.3 Å². The van der Waals surface area contributed by atoms with E-state index < -0.39 is 6.04 Å². The molecule has 0 aliphatic heterocycles. The van der Waals surface area contributed by atoms with Crippen molar-refractivity contribution in [2.75, 3.05) is 0 Å². The molecule has 20 heavy (non-hydrogen) atoms. The van der Waals surface area contributed by atoms with Gasteiger partial charge in [-0.2, -0.15) is 0 Å². The van der Waals surface area contributed by atoms with Gasteiger partial charge in [0.2, 0.25) is 5.91 Å². The number of carbonyl (C=O) groups excluding carboxylic acids is 1. The van der Waals surface area contributed by atoms with Crippen LogP contribution in [0.1, 0.15) is 45.1 Å². The molecule has 0 radical (unpaired) electrons. The third kappa shape index (κ3) is 3.01. The van der Waals surface area contributed by atoms with Crippen LogP contribution in [-0.2, 0) is 10.3 Å². The summed E-state index contributed by atoms with van der Waals surface area (Å²) >= 11 is 0. The normalized spacial score (nSPS) is 19.1. The molecule has 0 bridgehead atoms. The molecule has 1 aromatic rings. The van der Waals surface area contributed by atoms with Crippen molar-refractivity contribution < 1.29 is 9.18 Å². The van der Waals surface area contributed by atoms with Crippen LogP contribution >= 0.6 is 0 Å². The molecule has 1 aliphatic carbocycles. The summed E-state index contributed by atoms with van der Waals surface area (Å²) in [4.78, 5) is 12.3. The molecular weight excluding hydrogens is 255 g/mol. The molecule has 0 spiro atoms. The number of halogens is 1.